The van der Waals surface area contributed by atoms with Gasteiger partial charge in [-0.25, -0.2) is 14.2 Å². The van der Waals surface area contributed by atoms with Gasteiger partial charge in [0.25, 0.3) is 0 Å². The van der Waals surface area contributed by atoms with E-state index in [9.17, 15) is 22.4 Å². The third-order valence-corrected chi connectivity index (χ3v) is 4.91. The highest BCUT2D eigenvalue weighted by Crippen LogP contribution is 2.36. The summed E-state index contributed by atoms with van der Waals surface area (Å²) in [5.41, 5.74) is 0.848. The number of carbonyl (C=O) groups excluding carboxylic acids is 1. The van der Waals surface area contributed by atoms with Crippen LogP contribution in [0.5, 0.6) is 11.5 Å². The lowest BCUT2D eigenvalue weighted by Gasteiger charge is -2.13. The predicted molar refractivity (Wildman–Crippen MR) is 120 cm³/mol. The highest BCUT2D eigenvalue weighted by Gasteiger charge is 2.33. The van der Waals surface area contributed by atoms with Gasteiger partial charge < -0.3 is 15.4 Å². The number of urea groups is 1. The quantitative estimate of drug-likeness (QED) is 0.297. The van der Waals surface area contributed by atoms with E-state index in [-0.39, 0.29) is 17.1 Å². The van der Waals surface area contributed by atoms with E-state index in [1.165, 1.54) is 18.2 Å². The molecule has 174 valence electrons. The topological polar surface area (TPSA) is 76.1 Å². The summed E-state index contributed by atoms with van der Waals surface area (Å²) >= 11 is 5.58. The number of hydrogen-bond acceptors (Lipinski definition) is 4. The zero-order valence-corrected chi connectivity index (χ0v) is 18.1. The fraction of sp³-hybridized carbons (Fsp3) is 0.0870. The number of alkyl halides is 3. The maximum absolute atomic E-state index is 14.3. The first kappa shape index (κ1) is 23.2. The van der Waals surface area contributed by atoms with Crippen LogP contribution in [0.1, 0.15) is 11.3 Å². The molecule has 0 spiro atoms. The number of hydrogen-bond donors (Lipinski definition) is 2. The summed E-state index contributed by atoms with van der Waals surface area (Å²) in [6, 6.07) is 10.6. The van der Waals surface area contributed by atoms with E-state index in [2.05, 4.69) is 20.6 Å². The molecule has 6 nitrogen and oxygen atoms in total. The average molecular weight is 491 g/mol. The fourth-order valence-corrected chi connectivity index (χ4v) is 3.27. The molecule has 2 amide bonds. The third-order valence-electron chi connectivity index (χ3n) is 4.58. The Morgan fingerprint density at radius 3 is 2.41 bits per heavy atom. The normalized spacial score (nSPS) is 11.4. The van der Waals surface area contributed by atoms with Gasteiger partial charge in [0.2, 0.25) is 0 Å². The molecule has 11 heteroatoms. The first-order valence-electron chi connectivity index (χ1n) is 9.74. The number of fused-ring (bicyclic) bond motifs is 1. The van der Waals surface area contributed by atoms with E-state index in [1.54, 1.807) is 31.3 Å². The standard InChI is InChI=1S/C23H15ClF4N4O2/c1-12-11-29-19-7-4-15(10-20(19)30-12)34-21-9-14(3-6-18(21)25)32-22(33)31-13-2-5-17(24)16(8-13)23(26,27)28/h2-11H,1H3,(H2,31,32,33). The zero-order valence-electron chi connectivity index (χ0n) is 17.4. The zero-order chi connectivity index (χ0) is 24.5. The van der Waals surface area contributed by atoms with Gasteiger partial charge in [0, 0.05) is 29.7 Å². The summed E-state index contributed by atoms with van der Waals surface area (Å²) in [5.74, 6) is -0.564. The first-order chi connectivity index (χ1) is 16.1. The van der Waals surface area contributed by atoms with E-state index in [4.69, 9.17) is 16.3 Å². The summed E-state index contributed by atoms with van der Waals surface area (Å²) < 4.78 is 59.0. The van der Waals surface area contributed by atoms with Gasteiger partial charge in [-0.2, -0.15) is 13.2 Å². The second-order valence-corrected chi connectivity index (χ2v) is 7.59. The molecule has 0 unspecified atom stereocenters. The smallest absolute Gasteiger partial charge is 0.417 e. The van der Waals surface area contributed by atoms with E-state index in [0.29, 0.717) is 28.5 Å². The second-order valence-electron chi connectivity index (χ2n) is 7.18. The molecule has 1 aromatic heterocycles. The van der Waals surface area contributed by atoms with Gasteiger partial charge in [0.1, 0.15) is 5.75 Å². The minimum Gasteiger partial charge on any atom is -0.454 e. The monoisotopic (exact) mass is 490 g/mol. The summed E-state index contributed by atoms with van der Waals surface area (Å²) in [6.45, 7) is 1.79. The third kappa shape index (κ3) is 5.34. The second kappa shape index (κ2) is 9.14. The van der Waals surface area contributed by atoms with Crippen molar-refractivity contribution in [3.8, 4) is 11.5 Å². The minimum atomic E-state index is -4.68. The fourth-order valence-electron chi connectivity index (χ4n) is 3.05. The summed E-state index contributed by atoms with van der Waals surface area (Å²) in [6.07, 6.45) is -3.06. The molecule has 2 N–H and O–H groups in total. The van der Waals surface area contributed by atoms with Crippen molar-refractivity contribution < 1.29 is 27.1 Å². The number of nitrogens with one attached hydrogen (secondary N) is 2. The first-order valence-corrected chi connectivity index (χ1v) is 10.1. The van der Waals surface area contributed by atoms with Gasteiger partial charge in [0.05, 0.1) is 27.3 Å². The number of aromatic nitrogens is 2. The summed E-state index contributed by atoms with van der Waals surface area (Å²) in [4.78, 5) is 20.9. The molecule has 0 radical (unpaired) electrons. The number of carbonyl (C=O) groups is 1. The number of rotatable bonds is 4. The van der Waals surface area contributed by atoms with Crippen molar-refractivity contribution in [2.24, 2.45) is 0 Å². The number of anilines is 2. The van der Waals surface area contributed by atoms with Crippen LogP contribution >= 0.6 is 11.6 Å². The molecule has 0 saturated carbocycles. The number of halogens is 5. The molecule has 0 atom stereocenters. The van der Waals surface area contributed by atoms with E-state index >= 15 is 0 Å². The van der Waals surface area contributed by atoms with Gasteiger partial charge in [-0.05, 0) is 49.4 Å². The molecule has 0 aliphatic rings. The van der Waals surface area contributed by atoms with Crippen molar-refractivity contribution in [2.45, 2.75) is 13.1 Å². The Balaban J connectivity index is 1.50. The molecule has 0 fully saturated rings. The number of nitrogens with zero attached hydrogens (tertiary/aromatic N) is 2. The predicted octanol–water partition coefficient (Wildman–Crippen LogP) is 7.19. The van der Waals surface area contributed by atoms with Crippen molar-refractivity contribution >= 4 is 40.0 Å². The van der Waals surface area contributed by atoms with Crippen LogP contribution in [0.25, 0.3) is 11.0 Å². The van der Waals surface area contributed by atoms with Crippen LogP contribution in [-0.4, -0.2) is 16.0 Å². The molecule has 0 aliphatic heterocycles. The minimum absolute atomic E-state index is 0.125. The lowest BCUT2D eigenvalue weighted by molar-refractivity contribution is -0.137. The maximum atomic E-state index is 14.3. The van der Waals surface area contributed by atoms with Gasteiger partial charge in [-0.3, -0.25) is 4.98 Å². The molecule has 4 rings (SSSR count). The van der Waals surface area contributed by atoms with Crippen molar-refractivity contribution in [1.29, 1.82) is 0 Å². The lowest BCUT2D eigenvalue weighted by Crippen LogP contribution is -2.20. The Hall–Kier alpha value is -3.92. The average Bonchev–Trinajstić information content (AvgIpc) is 2.76. The molecule has 0 bridgehead atoms. The molecule has 34 heavy (non-hydrogen) atoms. The van der Waals surface area contributed by atoms with Crippen LogP contribution in [0.2, 0.25) is 5.02 Å². The maximum Gasteiger partial charge on any atom is 0.417 e. The number of ether oxygens (including phenoxy) is 1. The Kier molecular flexibility index (Phi) is 6.25. The van der Waals surface area contributed by atoms with Gasteiger partial charge >= 0.3 is 12.2 Å². The van der Waals surface area contributed by atoms with Gasteiger partial charge in [0.15, 0.2) is 11.6 Å². The lowest BCUT2D eigenvalue weighted by atomic mass is 10.2. The molecule has 3 aromatic carbocycles. The highest BCUT2D eigenvalue weighted by molar-refractivity contribution is 6.31. The van der Waals surface area contributed by atoms with Crippen molar-refractivity contribution in [3.63, 3.8) is 0 Å². The van der Waals surface area contributed by atoms with E-state index < -0.39 is 28.6 Å². The highest BCUT2D eigenvalue weighted by atomic mass is 35.5. The molecular formula is C23H15ClF4N4O2. The number of aryl methyl sites for hydroxylation is 1. The van der Waals surface area contributed by atoms with Gasteiger partial charge in [-0.1, -0.05) is 11.6 Å². The van der Waals surface area contributed by atoms with Crippen LogP contribution in [0.3, 0.4) is 0 Å². The molecular weight excluding hydrogens is 476 g/mol. The van der Waals surface area contributed by atoms with Crippen LogP contribution in [-0.2, 0) is 6.18 Å². The summed E-state index contributed by atoms with van der Waals surface area (Å²) in [5, 5.41) is 4.21. The van der Waals surface area contributed by atoms with Crippen molar-refractivity contribution in [1.82, 2.24) is 9.97 Å². The van der Waals surface area contributed by atoms with Crippen LogP contribution < -0.4 is 15.4 Å². The van der Waals surface area contributed by atoms with Crippen molar-refractivity contribution in [3.05, 3.63) is 82.9 Å². The Bertz CT molecular complexity index is 1400. The Labute approximate surface area is 195 Å². The van der Waals surface area contributed by atoms with E-state index in [1.807, 2.05) is 0 Å². The van der Waals surface area contributed by atoms with Crippen LogP contribution in [0, 0.1) is 12.7 Å². The van der Waals surface area contributed by atoms with Gasteiger partial charge in [-0.15, -0.1) is 0 Å². The number of amides is 2. The van der Waals surface area contributed by atoms with Crippen LogP contribution in [0.4, 0.5) is 33.7 Å². The van der Waals surface area contributed by atoms with E-state index in [0.717, 1.165) is 12.1 Å². The molecule has 4 aromatic rings. The molecule has 0 aliphatic carbocycles. The number of benzene rings is 3. The summed E-state index contributed by atoms with van der Waals surface area (Å²) in [7, 11) is 0. The SMILES string of the molecule is Cc1cnc2ccc(Oc3cc(NC(=O)Nc4ccc(Cl)c(C(F)(F)F)c4)ccc3F)cc2n1. The molecule has 0 saturated heterocycles. The Morgan fingerprint density at radius 2 is 1.68 bits per heavy atom. The molecule has 1 heterocycles. The van der Waals surface area contributed by atoms with Crippen molar-refractivity contribution in [2.75, 3.05) is 10.6 Å². The Morgan fingerprint density at radius 1 is 0.971 bits per heavy atom. The van der Waals surface area contributed by atoms with Crippen LogP contribution in [0.15, 0.2) is 60.8 Å². The largest absolute Gasteiger partial charge is 0.454 e.